The van der Waals surface area contributed by atoms with Gasteiger partial charge in [-0.2, -0.15) is 0 Å². The maximum absolute atomic E-state index is 6.82. The summed E-state index contributed by atoms with van der Waals surface area (Å²) >= 11 is 0. The third-order valence-corrected chi connectivity index (χ3v) is 12.0. The number of ether oxygens (including phenoxy) is 1. The minimum absolute atomic E-state index is 0.286. The second-order valence-electron chi connectivity index (χ2n) is 16.1. The topological polar surface area (TPSA) is 47.9 Å². The molecule has 4 heteroatoms. The highest BCUT2D eigenvalue weighted by atomic mass is 16.5. The van der Waals surface area contributed by atoms with Gasteiger partial charge in [0.15, 0.2) is 17.5 Å². The minimum atomic E-state index is -0.286. The average Bonchev–Trinajstić information content (AvgIpc) is 3.31. The highest BCUT2D eigenvalue weighted by Crippen LogP contribution is 2.50. The highest BCUT2D eigenvalue weighted by Gasteiger charge is 2.35. The first-order valence-electron chi connectivity index (χ1n) is 20.4. The third-order valence-electron chi connectivity index (χ3n) is 12.0. The van der Waals surface area contributed by atoms with Crippen LogP contribution in [0.25, 0.3) is 89.1 Å². The third kappa shape index (κ3) is 6.39. The Morgan fingerprint density at radius 1 is 0.300 bits per heavy atom. The summed E-state index contributed by atoms with van der Waals surface area (Å²) in [7, 11) is 0. The minimum Gasteiger partial charge on any atom is -0.457 e. The molecule has 9 aromatic carbocycles. The van der Waals surface area contributed by atoms with Gasteiger partial charge in [-0.1, -0.05) is 190 Å². The Morgan fingerprint density at radius 2 is 0.650 bits per heavy atom. The van der Waals surface area contributed by atoms with Gasteiger partial charge in [-0.05, 0) is 79.2 Å². The second-order valence-corrected chi connectivity index (χ2v) is 16.1. The van der Waals surface area contributed by atoms with Crippen LogP contribution in [0.5, 0.6) is 11.5 Å². The van der Waals surface area contributed by atoms with Crippen molar-refractivity contribution < 1.29 is 4.74 Å². The molecule has 0 spiro atoms. The van der Waals surface area contributed by atoms with E-state index in [-0.39, 0.29) is 5.41 Å². The zero-order chi connectivity index (χ0) is 40.2. The standard InChI is InChI=1S/C56H39N3O/c1-56(2)49-30-28-47(46-27-21-38-13-7-9-15-44(38)33-46)34-51(49)60-52-35-48(29-31-50(52)56)55-58-53(41-22-16-39(17-23-41)36-10-4-3-5-11-36)57-54(59-55)42-24-18-40(19-25-42)45-26-20-37-12-6-8-14-43(37)32-45/h3-35H,1-2H3. The maximum Gasteiger partial charge on any atom is 0.164 e. The van der Waals surface area contributed by atoms with Crippen LogP contribution < -0.4 is 4.74 Å². The van der Waals surface area contributed by atoms with Crippen LogP contribution in [0.2, 0.25) is 0 Å². The Hall–Kier alpha value is -7.69. The molecule has 11 rings (SSSR count). The van der Waals surface area contributed by atoms with E-state index in [9.17, 15) is 0 Å². The number of benzene rings is 9. The van der Waals surface area contributed by atoms with Gasteiger partial charge in [0.1, 0.15) is 11.5 Å². The molecule has 0 fully saturated rings. The summed E-state index contributed by atoms with van der Waals surface area (Å²) in [5, 5.41) is 4.89. The van der Waals surface area contributed by atoms with Gasteiger partial charge in [-0.3, -0.25) is 0 Å². The van der Waals surface area contributed by atoms with Crippen molar-refractivity contribution in [2.75, 3.05) is 0 Å². The molecule has 1 aromatic heterocycles. The Bertz CT molecular complexity index is 3240. The van der Waals surface area contributed by atoms with Gasteiger partial charge in [-0.15, -0.1) is 0 Å². The SMILES string of the molecule is CC1(C)c2ccc(-c3ccc4ccccc4c3)cc2Oc2cc(-c3nc(-c4ccc(-c5ccccc5)cc4)nc(-c4ccc(-c5ccc6ccccc6c5)cc4)n3)ccc21. The summed E-state index contributed by atoms with van der Waals surface area (Å²) in [6.45, 7) is 4.53. The van der Waals surface area contributed by atoms with Crippen molar-refractivity contribution in [2.45, 2.75) is 19.3 Å². The normalized spacial score (nSPS) is 12.8. The van der Waals surface area contributed by atoms with E-state index >= 15 is 0 Å². The molecule has 10 aromatic rings. The molecule has 0 N–H and O–H groups in total. The molecule has 1 aliphatic heterocycles. The molecule has 0 atom stereocenters. The van der Waals surface area contributed by atoms with E-state index < -0.39 is 0 Å². The van der Waals surface area contributed by atoms with Crippen LogP contribution in [0.15, 0.2) is 200 Å². The van der Waals surface area contributed by atoms with Crippen molar-refractivity contribution in [3.63, 3.8) is 0 Å². The summed E-state index contributed by atoms with van der Waals surface area (Å²) in [5.41, 5.74) is 11.5. The van der Waals surface area contributed by atoms with E-state index in [0.717, 1.165) is 67.1 Å². The van der Waals surface area contributed by atoms with Gasteiger partial charge in [-0.25, -0.2) is 15.0 Å². The monoisotopic (exact) mass is 769 g/mol. The number of hydrogen-bond donors (Lipinski definition) is 0. The van der Waals surface area contributed by atoms with Gasteiger partial charge in [0.25, 0.3) is 0 Å². The fourth-order valence-corrected chi connectivity index (χ4v) is 8.58. The lowest BCUT2D eigenvalue weighted by Gasteiger charge is -2.35. The van der Waals surface area contributed by atoms with Crippen LogP contribution in [0.1, 0.15) is 25.0 Å². The fourth-order valence-electron chi connectivity index (χ4n) is 8.58. The Labute approximate surface area is 349 Å². The maximum atomic E-state index is 6.82. The average molecular weight is 770 g/mol. The van der Waals surface area contributed by atoms with Crippen molar-refractivity contribution in [3.05, 3.63) is 211 Å². The van der Waals surface area contributed by atoms with E-state index in [1.165, 1.54) is 27.1 Å². The van der Waals surface area contributed by atoms with E-state index in [4.69, 9.17) is 19.7 Å². The van der Waals surface area contributed by atoms with Crippen LogP contribution in [0.4, 0.5) is 0 Å². The van der Waals surface area contributed by atoms with Gasteiger partial charge < -0.3 is 4.74 Å². The fraction of sp³-hybridized carbons (Fsp3) is 0.0536. The molecule has 0 radical (unpaired) electrons. The molecule has 0 saturated carbocycles. The van der Waals surface area contributed by atoms with E-state index in [2.05, 4.69) is 208 Å². The summed E-state index contributed by atoms with van der Waals surface area (Å²) in [6, 6.07) is 70.5. The largest absolute Gasteiger partial charge is 0.457 e. The Balaban J connectivity index is 0.980. The van der Waals surface area contributed by atoms with Crippen molar-refractivity contribution in [3.8, 4) is 79.0 Å². The molecule has 60 heavy (non-hydrogen) atoms. The lowest BCUT2D eigenvalue weighted by atomic mass is 9.75. The van der Waals surface area contributed by atoms with Crippen molar-refractivity contribution in [1.29, 1.82) is 0 Å². The molecule has 0 bridgehead atoms. The lowest BCUT2D eigenvalue weighted by molar-refractivity contribution is 0.418. The first-order chi connectivity index (χ1) is 29.4. The molecular formula is C56H39N3O. The molecule has 0 amide bonds. The van der Waals surface area contributed by atoms with Crippen LogP contribution in [-0.2, 0) is 5.41 Å². The number of rotatable bonds is 6. The summed E-state index contributed by atoms with van der Waals surface area (Å²) < 4.78 is 6.82. The molecule has 0 saturated heterocycles. The van der Waals surface area contributed by atoms with Gasteiger partial charge in [0.05, 0.1) is 0 Å². The summed E-state index contributed by atoms with van der Waals surface area (Å²) in [6.07, 6.45) is 0. The molecule has 4 nitrogen and oxygen atoms in total. The summed E-state index contributed by atoms with van der Waals surface area (Å²) in [4.78, 5) is 15.4. The zero-order valence-electron chi connectivity index (χ0n) is 33.3. The van der Waals surface area contributed by atoms with Crippen LogP contribution in [0, 0.1) is 0 Å². The van der Waals surface area contributed by atoms with Crippen LogP contribution in [0.3, 0.4) is 0 Å². The lowest BCUT2D eigenvalue weighted by Crippen LogP contribution is -2.24. The number of nitrogens with zero attached hydrogens (tertiary/aromatic N) is 3. The van der Waals surface area contributed by atoms with E-state index in [0.29, 0.717) is 17.5 Å². The first-order valence-corrected chi connectivity index (χ1v) is 20.4. The molecular weight excluding hydrogens is 731 g/mol. The zero-order valence-corrected chi connectivity index (χ0v) is 33.3. The second kappa shape index (κ2) is 14.3. The predicted molar refractivity (Wildman–Crippen MR) is 246 cm³/mol. The Morgan fingerprint density at radius 3 is 1.20 bits per heavy atom. The smallest absolute Gasteiger partial charge is 0.164 e. The predicted octanol–water partition coefficient (Wildman–Crippen LogP) is 14.6. The number of hydrogen-bond acceptors (Lipinski definition) is 4. The number of aromatic nitrogens is 3. The van der Waals surface area contributed by atoms with Crippen molar-refractivity contribution in [1.82, 2.24) is 15.0 Å². The van der Waals surface area contributed by atoms with Gasteiger partial charge in [0, 0.05) is 33.2 Å². The quantitative estimate of drug-likeness (QED) is 0.169. The molecule has 2 heterocycles. The molecule has 0 unspecified atom stereocenters. The first kappa shape index (κ1) is 35.5. The molecule has 0 aliphatic carbocycles. The van der Waals surface area contributed by atoms with E-state index in [1.807, 2.05) is 6.07 Å². The summed E-state index contributed by atoms with van der Waals surface area (Å²) in [5.74, 6) is 3.46. The molecule has 1 aliphatic rings. The van der Waals surface area contributed by atoms with E-state index in [1.54, 1.807) is 0 Å². The molecule has 284 valence electrons. The van der Waals surface area contributed by atoms with Crippen LogP contribution in [-0.4, -0.2) is 15.0 Å². The van der Waals surface area contributed by atoms with Crippen molar-refractivity contribution >= 4 is 21.5 Å². The van der Waals surface area contributed by atoms with Crippen molar-refractivity contribution in [2.24, 2.45) is 0 Å². The number of fused-ring (bicyclic) bond motifs is 4. The van der Waals surface area contributed by atoms with Gasteiger partial charge >= 0.3 is 0 Å². The van der Waals surface area contributed by atoms with Gasteiger partial charge in [0.2, 0.25) is 0 Å². The highest BCUT2D eigenvalue weighted by molar-refractivity contribution is 5.89. The van der Waals surface area contributed by atoms with Crippen LogP contribution >= 0.6 is 0 Å². The Kier molecular flexibility index (Phi) is 8.45.